The maximum atomic E-state index is 12.2. The summed E-state index contributed by atoms with van der Waals surface area (Å²) in [5.41, 5.74) is 0.227. The monoisotopic (exact) mass is 307 g/mol. The third-order valence-electron chi connectivity index (χ3n) is 2.89. The normalized spacial score (nSPS) is 10.7. The second-order valence-electron chi connectivity index (χ2n) is 4.71. The summed E-state index contributed by atoms with van der Waals surface area (Å²) in [4.78, 5) is 27.0. The fourth-order valence-electron chi connectivity index (χ4n) is 1.79. The van der Waals surface area contributed by atoms with Crippen LogP contribution in [0.4, 0.5) is 11.5 Å². The van der Waals surface area contributed by atoms with Crippen molar-refractivity contribution in [2.75, 3.05) is 5.32 Å². The topological polar surface area (TPSA) is 84.2 Å². The summed E-state index contributed by atoms with van der Waals surface area (Å²) in [6, 6.07) is 4.22. The number of nitrogens with zero attached hydrogens (tertiary/aromatic N) is 2. The number of hydrogen-bond acceptors (Lipinski definition) is 4. The predicted octanol–water partition coefficient (Wildman–Crippen LogP) is 2.92. The van der Waals surface area contributed by atoms with Crippen molar-refractivity contribution in [1.29, 1.82) is 0 Å². The molecule has 0 aliphatic rings. The Morgan fingerprint density at radius 2 is 2.14 bits per heavy atom. The highest BCUT2D eigenvalue weighted by molar-refractivity contribution is 6.33. The van der Waals surface area contributed by atoms with E-state index in [2.05, 4.69) is 10.3 Å². The molecule has 0 amide bonds. The molecule has 0 atom stereocenters. The molecular formula is C14H14ClN3O3. The zero-order valence-electron chi connectivity index (χ0n) is 11.5. The first kappa shape index (κ1) is 15.1. The Bertz CT molecular complexity index is 740. The molecule has 1 aromatic carbocycles. The summed E-state index contributed by atoms with van der Waals surface area (Å²) in [6.07, 6.45) is 3.12. The molecule has 0 saturated carbocycles. The lowest BCUT2D eigenvalue weighted by Gasteiger charge is -2.12. The standard InChI is InChI=1S/C14H14ClN3O3/c1-8(2)18-6-5-16-12(13(18)19)17-11-4-3-9(14(20)21)7-10(11)15/h3-8H,1-2H3,(H,16,17)(H,20,21). The smallest absolute Gasteiger partial charge is 0.335 e. The van der Waals surface area contributed by atoms with Crippen LogP contribution >= 0.6 is 11.6 Å². The second-order valence-corrected chi connectivity index (χ2v) is 5.11. The second kappa shape index (κ2) is 5.97. The maximum Gasteiger partial charge on any atom is 0.335 e. The van der Waals surface area contributed by atoms with Crippen LogP contribution in [0.3, 0.4) is 0 Å². The average molecular weight is 308 g/mol. The number of rotatable bonds is 4. The van der Waals surface area contributed by atoms with E-state index < -0.39 is 5.97 Å². The van der Waals surface area contributed by atoms with Crippen LogP contribution in [0.5, 0.6) is 0 Å². The molecule has 0 bridgehead atoms. The Morgan fingerprint density at radius 1 is 1.43 bits per heavy atom. The highest BCUT2D eigenvalue weighted by Gasteiger charge is 2.11. The van der Waals surface area contributed by atoms with E-state index in [1.807, 2.05) is 13.8 Å². The van der Waals surface area contributed by atoms with Crippen LogP contribution in [0.2, 0.25) is 5.02 Å². The quantitative estimate of drug-likeness (QED) is 0.907. The number of anilines is 2. The van der Waals surface area contributed by atoms with Crippen molar-refractivity contribution in [2.24, 2.45) is 0 Å². The van der Waals surface area contributed by atoms with E-state index in [1.54, 1.807) is 6.20 Å². The van der Waals surface area contributed by atoms with Gasteiger partial charge in [0.25, 0.3) is 5.56 Å². The number of carboxylic acids is 1. The number of nitrogens with one attached hydrogen (secondary N) is 1. The fourth-order valence-corrected chi connectivity index (χ4v) is 2.02. The average Bonchev–Trinajstić information content (AvgIpc) is 2.42. The van der Waals surface area contributed by atoms with Gasteiger partial charge in [0, 0.05) is 18.4 Å². The van der Waals surface area contributed by atoms with Gasteiger partial charge in [-0.2, -0.15) is 0 Å². The molecule has 0 radical (unpaired) electrons. The summed E-state index contributed by atoms with van der Waals surface area (Å²) in [7, 11) is 0. The molecule has 0 unspecified atom stereocenters. The van der Waals surface area contributed by atoms with Gasteiger partial charge in [-0.05, 0) is 32.0 Å². The molecular weight excluding hydrogens is 294 g/mol. The minimum absolute atomic E-state index is 0.00547. The van der Waals surface area contributed by atoms with Crippen LogP contribution in [0.25, 0.3) is 0 Å². The van der Waals surface area contributed by atoms with Gasteiger partial charge in [0.05, 0.1) is 16.3 Å². The molecule has 1 heterocycles. The minimum atomic E-state index is -1.07. The number of carboxylic acid groups (broad SMARTS) is 1. The third-order valence-corrected chi connectivity index (χ3v) is 3.21. The van der Waals surface area contributed by atoms with Gasteiger partial charge in [-0.3, -0.25) is 4.79 Å². The van der Waals surface area contributed by atoms with E-state index in [9.17, 15) is 9.59 Å². The van der Waals surface area contributed by atoms with Gasteiger partial charge in [-0.1, -0.05) is 11.6 Å². The summed E-state index contributed by atoms with van der Waals surface area (Å²) in [5.74, 6) is -0.931. The van der Waals surface area contributed by atoms with Crippen molar-refractivity contribution in [2.45, 2.75) is 19.9 Å². The van der Waals surface area contributed by atoms with E-state index in [0.717, 1.165) is 0 Å². The highest BCUT2D eigenvalue weighted by Crippen LogP contribution is 2.25. The molecule has 0 aliphatic carbocycles. The van der Waals surface area contributed by atoms with Gasteiger partial charge < -0.3 is 15.0 Å². The van der Waals surface area contributed by atoms with Gasteiger partial charge in [0.2, 0.25) is 0 Å². The van der Waals surface area contributed by atoms with Gasteiger partial charge >= 0.3 is 5.97 Å². The van der Waals surface area contributed by atoms with Crippen LogP contribution in [-0.4, -0.2) is 20.6 Å². The summed E-state index contributed by atoms with van der Waals surface area (Å²) in [6.45, 7) is 3.78. The Hall–Kier alpha value is -2.34. The molecule has 1 aromatic heterocycles. The Labute approximate surface area is 126 Å². The van der Waals surface area contributed by atoms with Crippen molar-refractivity contribution in [1.82, 2.24) is 9.55 Å². The lowest BCUT2D eigenvalue weighted by molar-refractivity contribution is 0.0697. The van der Waals surface area contributed by atoms with E-state index in [4.69, 9.17) is 16.7 Å². The van der Waals surface area contributed by atoms with Crippen LogP contribution in [-0.2, 0) is 0 Å². The SMILES string of the molecule is CC(C)n1ccnc(Nc2ccc(C(=O)O)cc2Cl)c1=O. The molecule has 0 aliphatic heterocycles. The molecule has 2 N–H and O–H groups in total. The molecule has 21 heavy (non-hydrogen) atoms. The number of carbonyl (C=O) groups is 1. The Kier molecular flexibility index (Phi) is 4.28. The number of halogens is 1. The van der Waals surface area contributed by atoms with Gasteiger partial charge in [-0.25, -0.2) is 9.78 Å². The van der Waals surface area contributed by atoms with E-state index in [1.165, 1.54) is 29.0 Å². The molecule has 0 fully saturated rings. The molecule has 0 spiro atoms. The van der Waals surface area contributed by atoms with Crippen LogP contribution in [0, 0.1) is 0 Å². The molecule has 0 saturated heterocycles. The third kappa shape index (κ3) is 3.22. The molecule has 2 rings (SSSR count). The first-order valence-corrected chi connectivity index (χ1v) is 6.65. The van der Waals surface area contributed by atoms with Gasteiger partial charge in [0.1, 0.15) is 0 Å². The zero-order valence-corrected chi connectivity index (χ0v) is 12.3. The first-order valence-electron chi connectivity index (χ1n) is 6.27. The van der Waals surface area contributed by atoms with Crippen molar-refractivity contribution in [3.8, 4) is 0 Å². The molecule has 110 valence electrons. The van der Waals surface area contributed by atoms with Gasteiger partial charge in [0.15, 0.2) is 5.82 Å². The van der Waals surface area contributed by atoms with Crippen LogP contribution in [0.15, 0.2) is 35.4 Å². The van der Waals surface area contributed by atoms with Gasteiger partial charge in [-0.15, -0.1) is 0 Å². The molecule has 2 aromatic rings. The van der Waals surface area contributed by atoms with E-state index in [0.29, 0.717) is 5.69 Å². The fraction of sp³-hybridized carbons (Fsp3) is 0.214. The number of aromatic carboxylic acids is 1. The largest absolute Gasteiger partial charge is 0.478 e. The number of benzene rings is 1. The Balaban J connectivity index is 2.37. The highest BCUT2D eigenvalue weighted by atomic mass is 35.5. The predicted molar refractivity (Wildman–Crippen MR) is 80.6 cm³/mol. The summed E-state index contributed by atoms with van der Waals surface area (Å²) in [5, 5.41) is 11.9. The molecule has 7 heteroatoms. The van der Waals surface area contributed by atoms with Crippen molar-refractivity contribution < 1.29 is 9.90 Å². The number of aromatic nitrogens is 2. The van der Waals surface area contributed by atoms with Crippen LogP contribution in [0.1, 0.15) is 30.2 Å². The first-order chi connectivity index (χ1) is 9.90. The molecule has 6 nitrogen and oxygen atoms in total. The number of hydrogen-bond donors (Lipinski definition) is 2. The van der Waals surface area contributed by atoms with E-state index >= 15 is 0 Å². The van der Waals surface area contributed by atoms with Crippen molar-refractivity contribution in [3.63, 3.8) is 0 Å². The van der Waals surface area contributed by atoms with Crippen LogP contribution < -0.4 is 10.9 Å². The lowest BCUT2D eigenvalue weighted by atomic mass is 10.2. The summed E-state index contributed by atoms with van der Waals surface area (Å²) < 4.78 is 1.54. The van der Waals surface area contributed by atoms with Crippen molar-refractivity contribution in [3.05, 3.63) is 51.5 Å². The minimum Gasteiger partial charge on any atom is -0.478 e. The maximum absolute atomic E-state index is 12.2. The lowest BCUT2D eigenvalue weighted by Crippen LogP contribution is -2.24. The van der Waals surface area contributed by atoms with E-state index in [-0.39, 0.29) is 28.0 Å². The zero-order chi connectivity index (χ0) is 15.6. The Morgan fingerprint density at radius 3 is 2.71 bits per heavy atom. The summed E-state index contributed by atoms with van der Waals surface area (Å²) >= 11 is 6.02. The van der Waals surface area contributed by atoms with Crippen molar-refractivity contribution >= 4 is 29.1 Å².